The van der Waals surface area contributed by atoms with Crippen LogP contribution in [-0.2, 0) is 11.0 Å². The number of alkyl halides is 3. The van der Waals surface area contributed by atoms with E-state index >= 15 is 0 Å². The molecule has 1 fully saturated rings. The van der Waals surface area contributed by atoms with E-state index < -0.39 is 11.7 Å². The van der Waals surface area contributed by atoms with Gasteiger partial charge in [0.25, 0.3) is 5.22 Å². The lowest BCUT2D eigenvalue weighted by Crippen LogP contribution is -2.49. The average molecular weight is 462 g/mol. The van der Waals surface area contributed by atoms with Gasteiger partial charge in [0.05, 0.1) is 11.3 Å². The van der Waals surface area contributed by atoms with Crippen LogP contribution in [0.2, 0.25) is 0 Å². The zero-order valence-electron chi connectivity index (χ0n) is 17.3. The fourth-order valence-corrected chi connectivity index (χ4v) is 4.05. The molecule has 2 heterocycles. The number of hydrogen-bond donors (Lipinski definition) is 0. The molecule has 3 aromatic rings. The first-order valence-corrected chi connectivity index (χ1v) is 11.0. The largest absolute Gasteiger partial charge is 0.416 e. The molecular weight excluding hydrogens is 441 g/mol. The lowest BCUT2D eigenvalue weighted by Gasteiger charge is -2.36. The maximum absolute atomic E-state index is 13.0. The van der Waals surface area contributed by atoms with E-state index in [0.29, 0.717) is 43.0 Å². The molecule has 0 spiro atoms. The molecule has 0 atom stereocenters. The number of thioether (sulfide) groups is 1. The van der Waals surface area contributed by atoms with E-state index in [9.17, 15) is 18.0 Å². The van der Waals surface area contributed by atoms with Crippen LogP contribution >= 0.6 is 11.8 Å². The highest BCUT2D eigenvalue weighted by molar-refractivity contribution is 7.99. The fourth-order valence-electron chi connectivity index (χ4n) is 3.39. The highest BCUT2D eigenvalue weighted by Crippen LogP contribution is 2.32. The summed E-state index contributed by atoms with van der Waals surface area (Å²) in [5.74, 6) is 0.474. The van der Waals surface area contributed by atoms with Crippen molar-refractivity contribution in [2.75, 3.05) is 36.8 Å². The Morgan fingerprint density at radius 3 is 2.47 bits per heavy atom. The number of hydrogen-bond acceptors (Lipinski definition) is 6. The third-order valence-corrected chi connectivity index (χ3v) is 6.00. The second-order valence-electron chi connectivity index (χ2n) is 7.44. The Labute approximate surface area is 187 Å². The van der Waals surface area contributed by atoms with Crippen LogP contribution in [0.15, 0.2) is 58.2 Å². The van der Waals surface area contributed by atoms with Crippen molar-refractivity contribution in [1.82, 2.24) is 15.1 Å². The molecule has 1 aliphatic heterocycles. The van der Waals surface area contributed by atoms with E-state index in [-0.39, 0.29) is 11.7 Å². The van der Waals surface area contributed by atoms with Gasteiger partial charge in [0, 0.05) is 37.4 Å². The Morgan fingerprint density at radius 1 is 1.06 bits per heavy atom. The van der Waals surface area contributed by atoms with Gasteiger partial charge in [0.2, 0.25) is 11.8 Å². The van der Waals surface area contributed by atoms with Gasteiger partial charge in [-0.25, -0.2) is 0 Å². The van der Waals surface area contributed by atoms with Crippen LogP contribution in [0.3, 0.4) is 0 Å². The number of amides is 1. The molecule has 0 saturated carbocycles. The van der Waals surface area contributed by atoms with Crippen LogP contribution in [-0.4, -0.2) is 52.9 Å². The minimum atomic E-state index is -4.38. The van der Waals surface area contributed by atoms with Crippen molar-refractivity contribution < 1.29 is 22.4 Å². The summed E-state index contributed by atoms with van der Waals surface area (Å²) >= 11 is 1.17. The highest BCUT2D eigenvalue weighted by Gasteiger charge is 2.31. The van der Waals surface area contributed by atoms with E-state index in [2.05, 4.69) is 10.2 Å². The first-order valence-electron chi connectivity index (χ1n) is 10.0. The number of rotatable bonds is 5. The topological polar surface area (TPSA) is 62.5 Å². The van der Waals surface area contributed by atoms with Crippen LogP contribution in [0.4, 0.5) is 18.9 Å². The summed E-state index contributed by atoms with van der Waals surface area (Å²) in [6, 6.07) is 13.0. The van der Waals surface area contributed by atoms with Gasteiger partial charge in [-0.2, -0.15) is 13.2 Å². The summed E-state index contributed by atoms with van der Waals surface area (Å²) in [5.41, 5.74) is 1.78. The number of anilines is 1. The van der Waals surface area contributed by atoms with Gasteiger partial charge in [-0.05, 0) is 37.3 Å². The lowest BCUT2D eigenvalue weighted by molar-refractivity contribution is -0.137. The molecule has 0 bridgehead atoms. The molecule has 0 aliphatic carbocycles. The molecule has 1 aromatic heterocycles. The van der Waals surface area contributed by atoms with E-state index in [4.69, 9.17) is 4.42 Å². The van der Waals surface area contributed by atoms with Crippen LogP contribution in [0.1, 0.15) is 11.1 Å². The number of aryl methyl sites for hydroxylation is 1. The Balaban J connectivity index is 1.29. The summed E-state index contributed by atoms with van der Waals surface area (Å²) in [6.45, 7) is 3.80. The second kappa shape index (κ2) is 9.23. The van der Waals surface area contributed by atoms with Gasteiger partial charge in [-0.15, -0.1) is 10.2 Å². The zero-order chi connectivity index (χ0) is 22.7. The Morgan fingerprint density at radius 2 is 1.78 bits per heavy atom. The lowest BCUT2D eigenvalue weighted by atomic mass is 10.1. The van der Waals surface area contributed by atoms with Crippen molar-refractivity contribution in [2.45, 2.75) is 18.3 Å². The first kappa shape index (κ1) is 22.2. The van der Waals surface area contributed by atoms with Crippen molar-refractivity contribution in [2.24, 2.45) is 0 Å². The zero-order valence-corrected chi connectivity index (χ0v) is 18.1. The molecule has 10 heteroatoms. The fraction of sp³-hybridized carbons (Fsp3) is 0.318. The monoisotopic (exact) mass is 462 g/mol. The van der Waals surface area contributed by atoms with Crippen LogP contribution < -0.4 is 4.90 Å². The average Bonchev–Trinajstić information content (AvgIpc) is 3.27. The molecule has 6 nitrogen and oxygen atoms in total. The number of nitrogens with zero attached hydrogens (tertiary/aromatic N) is 4. The number of piperazine rings is 1. The molecule has 0 N–H and O–H groups in total. The smallest absolute Gasteiger partial charge is 0.411 e. The first-order chi connectivity index (χ1) is 15.3. The van der Waals surface area contributed by atoms with Crippen molar-refractivity contribution >= 4 is 23.4 Å². The van der Waals surface area contributed by atoms with Crippen LogP contribution in [0.25, 0.3) is 11.5 Å². The summed E-state index contributed by atoms with van der Waals surface area (Å²) in [4.78, 5) is 16.1. The van der Waals surface area contributed by atoms with Gasteiger partial charge in [0.15, 0.2) is 0 Å². The second-order valence-corrected chi connectivity index (χ2v) is 8.37. The third-order valence-electron chi connectivity index (χ3n) is 5.20. The molecule has 168 valence electrons. The van der Waals surface area contributed by atoms with Crippen molar-refractivity contribution in [1.29, 1.82) is 0 Å². The summed E-state index contributed by atoms with van der Waals surface area (Å²) < 4.78 is 44.5. The number of carbonyl (C=O) groups is 1. The molecule has 1 saturated heterocycles. The van der Waals surface area contributed by atoms with Crippen LogP contribution in [0.5, 0.6) is 0 Å². The Hall–Kier alpha value is -3.01. The molecule has 2 aromatic carbocycles. The molecule has 0 unspecified atom stereocenters. The number of carbonyl (C=O) groups excluding carboxylic acids is 1. The Kier molecular flexibility index (Phi) is 6.40. The minimum absolute atomic E-state index is 0.0752. The molecule has 32 heavy (non-hydrogen) atoms. The number of aromatic nitrogens is 2. The molecule has 1 amide bonds. The van der Waals surface area contributed by atoms with Gasteiger partial charge >= 0.3 is 6.18 Å². The standard InChI is InChI=1S/C22H21F3N4O2S/c1-15-5-7-16(8-6-15)20-26-27-21(31-20)32-14-19(30)29-11-9-28(10-12-29)18-4-2-3-17(13-18)22(23,24)25/h2-8,13H,9-12,14H2,1H3. The predicted octanol–water partition coefficient (Wildman–Crippen LogP) is 4.50. The number of halogens is 3. The quantitative estimate of drug-likeness (QED) is 0.520. The van der Waals surface area contributed by atoms with E-state index in [1.54, 1.807) is 11.0 Å². The maximum Gasteiger partial charge on any atom is 0.416 e. The third kappa shape index (κ3) is 5.24. The normalized spacial score (nSPS) is 14.6. The molecule has 0 radical (unpaired) electrons. The molecular formula is C22H21F3N4O2S. The Bertz CT molecular complexity index is 1080. The number of benzene rings is 2. The van der Waals surface area contributed by atoms with Gasteiger partial charge in [0.1, 0.15) is 0 Å². The van der Waals surface area contributed by atoms with Gasteiger partial charge < -0.3 is 14.2 Å². The SMILES string of the molecule is Cc1ccc(-c2nnc(SCC(=O)N3CCN(c4cccc(C(F)(F)F)c4)CC3)o2)cc1. The van der Waals surface area contributed by atoms with Crippen molar-refractivity contribution in [3.8, 4) is 11.5 Å². The highest BCUT2D eigenvalue weighted by atomic mass is 32.2. The molecule has 4 rings (SSSR count). The minimum Gasteiger partial charge on any atom is -0.411 e. The summed E-state index contributed by atoms with van der Waals surface area (Å²) in [5, 5.41) is 8.33. The van der Waals surface area contributed by atoms with E-state index in [1.165, 1.54) is 17.8 Å². The van der Waals surface area contributed by atoms with Crippen LogP contribution in [0, 0.1) is 6.92 Å². The van der Waals surface area contributed by atoms with E-state index in [0.717, 1.165) is 23.3 Å². The molecule has 1 aliphatic rings. The van der Waals surface area contributed by atoms with Crippen molar-refractivity contribution in [3.05, 3.63) is 59.7 Å². The maximum atomic E-state index is 13.0. The summed E-state index contributed by atoms with van der Waals surface area (Å²) in [7, 11) is 0. The van der Waals surface area contributed by atoms with Gasteiger partial charge in [-0.3, -0.25) is 4.79 Å². The van der Waals surface area contributed by atoms with Crippen molar-refractivity contribution in [3.63, 3.8) is 0 Å². The van der Waals surface area contributed by atoms with Gasteiger partial charge in [-0.1, -0.05) is 35.5 Å². The summed E-state index contributed by atoms with van der Waals surface area (Å²) in [6.07, 6.45) is -4.38. The van der Waals surface area contributed by atoms with E-state index in [1.807, 2.05) is 36.1 Å². The predicted molar refractivity (Wildman–Crippen MR) is 115 cm³/mol.